The van der Waals surface area contributed by atoms with Gasteiger partial charge in [-0.15, -0.1) is 0 Å². The number of para-hydroxylation sites is 2. The SMILES string of the molecule is Cc1cccc(C)c1OC(=O)CCc1nc2ccccc2c(=O)[nH]1. The lowest BCUT2D eigenvalue weighted by atomic mass is 10.1. The van der Waals surface area contributed by atoms with Crippen molar-refractivity contribution in [3.8, 4) is 5.75 Å². The Morgan fingerprint density at radius 3 is 2.54 bits per heavy atom. The van der Waals surface area contributed by atoms with Crippen molar-refractivity contribution in [3.05, 3.63) is 69.8 Å². The molecule has 1 heterocycles. The number of nitrogens with one attached hydrogen (secondary N) is 1. The van der Waals surface area contributed by atoms with Gasteiger partial charge in [0.1, 0.15) is 11.6 Å². The van der Waals surface area contributed by atoms with Gasteiger partial charge in [0.05, 0.1) is 17.3 Å². The van der Waals surface area contributed by atoms with Crippen LogP contribution < -0.4 is 10.3 Å². The summed E-state index contributed by atoms with van der Waals surface area (Å²) in [5.74, 6) is 0.739. The van der Waals surface area contributed by atoms with Crippen molar-refractivity contribution in [1.29, 1.82) is 0 Å². The van der Waals surface area contributed by atoms with Crippen molar-refractivity contribution in [2.24, 2.45) is 0 Å². The Morgan fingerprint density at radius 1 is 1.08 bits per heavy atom. The van der Waals surface area contributed by atoms with Gasteiger partial charge in [-0.3, -0.25) is 9.59 Å². The van der Waals surface area contributed by atoms with Crippen LogP contribution in [0.1, 0.15) is 23.4 Å². The van der Waals surface area contributed by atoms with Gasteiger partial charge in [-0.2, -0.15) is 0 Å². The Hall–Kier alpha value is -2.95. The Balaban J connectivity index is 1.72. The third kappa shape index (κ3) is 3.35. The van der Waals surface area contributed by atoms with Crippen LogP contribution in [0.3, 0.4) is 0 Å². The fourth-order valence-corrected chi connectivity index (χ4v) is 2.60. The molecule has 122 valence electrons. The number of hydrogen-bond acceptors (Lipinski definition) is 4. The summed E-state index contributed by atoms with van der Waals surface area (Å²) in [6.07, 6.45) is 0.471. The summed E-state index contributed by atoms with van der Waals surface area (Å²) in [7, 11) is 0. The minimum atomic E-state index is -0.344. The summed E-state index contributed by atoms with van der Waals surface area (Å²) >= 11 is 0. The average Bonchev–Trinajstić information content (AvgIpc) is 2.56. The number of fused-ring (bicyclic) bond motifs is 1. The van der Waals surface area contributed by atoms with E-state index in [4.69, 9.17) is 4.74 Å². The van der Waals surface area contributed by atoms with Crippen molar-refractivity contribution < 1.29 is 9.53 Å². The molecule has 0 unspecified atom stereocenters. The van der Waals surface area contributed by atoms with Crippen LogP contribution in [0.25, 0.3) is 10.9 Å². The smallest absolute Gasteiger partial charge is 0.311 e. The fourth-order valence-electron chi connectivity index (χ4n) is 2.60. The van der Waals surface area contributed by atoms with Crippen LogP contribution in [-0.4, -0.2) is 15.9 Å². The molecule has 0 atom stereocenters. The molecule has 1 aromatic heterocycles. The number of nitrogens with zero attached hydrogens (tertiary/aromatic N) is 1. The molecule has 0 aliphatic rings. The number of esters is 1. The topological polar surface area (TPSA) is 72.0 Å². The minimum Gasteiger partial charge on any atom is -0.426 e. The highest BCUT2D eigenvalue weighted by molar-refractivity contribution is 5.77. The van der Waals surface area contributed by atoms with Crippen molar-refractivity contribution >= 4 is 16.9 Å². The number of H-pyrrole nitrogens is 1. The lowest BCUT2D eigenvalue weighted by molar-refractivity contribution is -0.134. The third-order valence-electron chi connectivity index (χ3n) is 3.85. The fraction of sp³-hybridized carbons (Fsp3) is 0.211. The molecular weight excluding hydrogens is 304 g/mol. The van der Waals surface area contributed by atoms with Gasteiger partial charge in [0.2, 0.25) is 0 Å². The van der Waals surface area contributed by atoms with Gasteiger partial charge < -0.3 is 9.72 Å². The molecule has 1 N–H and O–H groups in total. The standard InChI is InChI=1S/C19H18N2O3/c1-12-6-5-7-13(2)18(12)24-17(22)11-10-16-20-15-9-4-3-8-14(15)19(23)21-16/h3-9H,10-11H2,1-2H3,(H,20,21,23). The molecule has 0 saturated heterocycles. The molecule has 0 aliphatic heterocycles. The second-order valence-electron chi connectivity index (χ2n) is 5.72. The maximum Gasteiger partial charge on any atom is 0.311 e. The molecule has 5 heteroatoms. The van der Waals surface area contributed by atoms with Crippen molar-refractivity contribution in [3.63, 3.8) is 0 Å². The van der Waals surface area contributed by atoms with E-state index in [9.17, 15) is 9.59 Å². The first-order valence-electron chi connectivity index (χ1n) is 7.79. The summed E-state index contributed by atoms with van der Waals surface area (Å²) in [5.41, 5.74) is 2.26. The molecular formula is C19H18N2O3. The molecule has 5 nitrogen and oxygen atoms in total. The maximum absolute atomic E-state index is 12.1. The molecule has 3 rings (SSSR count). The molecule has 0 spiro atoms. The number of hydrogen-bond donors (Lipinski definition) is 1. The summed E-state index contributed by atoms with van der Waals surface area (Å²) in [5, 5.41) is 0.541. The van der Waals surface area contributed by atoms with E-state index in [1.54, 1.807) is 18.2 Å². The van der Waals surface area contributed by atoms with Gasteiger partial charge >= 0.3 is 5.97 Å². The molecule has 0 radical (unpaired) electrons. The highest BCUT2D eigenvalue weighted by atomic mass is 16.5. The predicted molar refractivity (Wildman–Crippen MR) is 92.2 cm³/mol. The van der Waals surface area contributed by atoms with E-state index in [2.05, 4.69) is 9.97 Å². The number of aromatic nitrogens is 2. The molecule has 24 heavy (non-hydrogen) atoms. The predicted octanol–water partition coefficient (Wildman–Crippen LogP) is 3.08. The maximum atomic E-state index is 12.1. The van der Waals surface area contributed by atoms with Crippen LogP contribution >= 0.6 is 0 Å². The Morgan fingerprint density at radius 2 is 1.79 bits per heavy atom. The normalized spacial score (nSPS) is 10.8. The molecule has 2 aromatic carbocycles. The van der Waals surface area contributed by atoms with Crippen molar-refractivity contribution in [2.75, 3.05) is 0 Å². The van der Waals surface area contributed by atoms with Gasteiger partial charge in [-0.25, -0.2) is 4.98 Å². The molecule has 3 aromatic rings. The number of carbonyl (C=O) groups is 1. The van der Waals surface area contributed by atoms with Gasteiger partial charge in [0.15, 0.2) is 0 Å². The van der Waals surface area contributed by atoms with Gasteiger partial charge in [-0.05, 0) is 37.1 Å². The molecule has 0 aliphatic carbocycles. The summed E-state index contributed by atoms with van der Waals surface area (Å²) in [6, 6.07) is 12.8. The van der Waals surface area contributed by atoms with E-state index < -0.39 is 0 Å². The number of benzene rings is 2. The lowest BCUT2D eigenvalue weighted by Crippen LogP contribution is -2.15. The summed E-state index contributed by atoms with van der Waals surface area (Å²) < 4.78 is 5.46. The zero-order valence-corrected chi connectivity index (χ0v) is 13.6. The van der Waals surface area contributed by atoms with E-state index in [0.717, 1.165) is 11.1 Å². The first-order valence-corrected chi connectivity index (χ1v) is 7.79. The van der Waals surface area contributed by atoms with E-state index in [1.165, 1.54) is 0 Å². The zero-order chi connectivity index (χ0) is 17.1. The largest absolute Gasteiger partial charge is 0.426 e. The number of ether oxygens (including phenoxy) is 1. The van der Waals surface area contributed by atoms with Crippen LogP contribution in [-0.2, 0) is 11.2 Å². The molecule has 0 fully saturated rings. The van der Waals surface area contributed by atoms with Crippen molar-refractivity contribution in [2.45, 2.75) is 26.7 Å². The number of aromatic amines is 1. The Labute approximate surface area is 139 Å². The van der Waals surface area contributed by atoms with E-state index in [1.807, 2.05) is 38.1 Å². The number of rotatable bonds is 4. The third-order valence-corrected chi connectivity index (χ3v) is 3.85. The molecule has 0 saturated carbocycles. The van der Waals surface area contributed by atoms with Crippen LogP contribution in [0.5, 0.6) is 5.75 Å². The Bertz CT molecular complexity index is 940. The van der Waals surface area contributed by atoms with Gasteiger partial charge in [0.25, 0.3) is 5.56 Å². The first kappa shape index (κ1) is 15.9. The molecule has 0 bridgehead atoms. The summed E-state index contributed by atoms with van der Waals surface area (Å²) in [6.45, 7) is 3.80. The quantitative estimate of drug-likeness (QED) is 0.592. The first-order chi connectivity index (χ1) is 11.5. The number of aryl methyl sites for hydroxylation is 3. The van der Waals surface area contributed by atoms with Gasteiger partial charge in [0, 0.05) is 6.42 Å². The minimum absolute atomic E-state index is 0.148. The zero-order valence-electron chi connectivity index (χ0n) is 13.6. The summed E-state index contributed by atoms with van der Waals surface area (Å²) in [4.78, 5) is 31.2. The second-order valence-corrected chi connectivity index (χ2v) is 5.72. The lowest BCUT2D eigenvalue weighted by Gasteiger charge is -2.10. The van der Waals surface area contributed by atoms with Crippen LogP contribution in [0.2, 0.25) is 0 Å². The highest BCUT2D eigenvalue weighted by Gasteiger charge is 2.11. The van der Waals surface area contributed by atoms with E-state index in [0.29, 0.717) is 28.9 Å². The van der Waals surface area contributed by atoms with Crippen LogP contribution in [0, 0.1) is 13.8 Å². The monoisotopic (exact) mass is 322 g/mol. The van der Waals surface area contributed by atoms with Crippen LogP contribution in [0.4, 0.5) is 0 Å². The van der Waals surface area contributed by atoms with Crippen molar-refractivity contribution in [1.82, 2.24) is 9.97 Å². The molecule has 0 amide bonds. The van der Waals surface area contributed by atoms with E-state index >= 15 is 0 Å². The highest BCUT2D eigenvalue weighted by Crippen LogP contribution is 2.22. The van der Waals surface area contributed by atoms with E-state index in [-0.39, 0.29) is 17.9 Å². The van der Waals surface area contributed by atoms with Gasteiger partial charge in [-0.1, -0.05) is 30.3 Å². The number of carbonyl (C=O) groups excluding carboxylic acids is 1. The Kier molecular flexibility index (Phi) is 4.42. The second kappa shape index (κ2) is 6.66. The van der Waals surface area contributed by atoms with Crippen LogP contribution in [0.15, 0.2) is 47.3 Å². The average molecular weight is 322 g/mol.